The molecule has 7 nitrogen and oxygen atoms in total. The van der Waals surface area contributed by atoms with Gasteiger partial charge >= 0.3 is 17.9 Å². The molecule has 0 aromatic rings. The van der Waals surface area contributed by atoms with Crippen LogP contribution in [0.3, 0.4) is 0 Å². The summed E-state index contributed by atoms with van der Waals surface area (Å²) in [7, 11) is 0. The zero-order chi connectivity index (χ0) is 23.2. The first-order valence-corrected chi connectivity index (χ1v) is 10.4. The molecule has 7 heteroatoms. The number of rotatable bonds is 4. The molecule has 0 radical (unpaired) electrons. The van der Waals surface area contributed by atoms with Gasteiger partial charge in [0.25, 0.3) is 0 Å². The second-order valence-electron chi connectivity index (χ2n) is 9.22. The largest absolute Gasteiger partial charge is 0.458 e. The smallest absolute Gasteiger partial charge is 0.334 e. The molecule has 1 saturated carbocycles. The molecular formula is C24H30O7. The van der Waals surface area contributed by atoms with Crippen LogP contribution < -0.4 is 0 Å². The van der Waals surface area contributed by atoms with Gasteiger partial charge in [0.2, 0.25) is 0 Å². The average Bonchev–Trinajstić information content (AvgIpc) is 2.92. The molecule has 2 aliphatic carbocycles. The highest BCUT2D eigenvalue weighted by Crippen LogP contribution is 2.56. The Bertz CT molecular complexity index is 920. The van der Waals surface area contributed by atoms with Crippen LogP contribution in [0.5, 0.6) is 0 Å². The first-order valence-electron chi connectivity index (χ1n) is 10.4. The number of carbonyl (C=O) groups is 3. The second-order valence-corrected chi connectivity index (χ2v) is 9.22. The van der Waals surface area contributed by atoms with Crippen LogP contribution in [0.2, 0.25) is 0 Å². The maximum Gasteiger partial charge on any atom is 0.334 e. The number of ether oxygens (including phenoxy) is 3. The third-order valence-electron chi connectivity index (χ3n) is 6.50. The Labute approximate surface area is 182 Å². The van der Waals surface area contributed by atoms with Gasteiger partial charge in [0.05, 0.1) is 12.0 Å². The molecule has 0 spiro atoms. The van der Waals surface area contributed by atoms with Crippen molar-refractivity contribution in [1.29, 1.82) is 0 Å². The topological polar surface area (TPSA) is 99.1 Å². The predicted molar refractivity (Wildman–Crippen MR) is 113 cm³/mol. The molecule has 2 fully saturated rings. The standard InChI is InChI=1S/C24H30O7/c1-11(2)8-18(26)29-15-9-17(25)24(7)10-16-19(14(6)23(28)30-16)21(20(24)13(15)5)31-22(27)12(3)4/h8,15-17,19,21,25H,3,6,9-10H2,1-2,4-5,7H3/t15-,16-,17-,19-,21-,24+/m1/s1. The Kier molecular flexibility index (Phi) is 6.02. The van der Waals surface area contributed by atoms with E-state index in [1.54, 1.807) is 13.8 Å². The van der Waals surface area contributed by atoms with Crippen molar-refractivity contribution in [2.75, 3.05) is 0 Å². The molecule has 0 aromatic carbocycles. The molecule has 1 N–H and O–H groups in total. The quantitative estimate of drug-likeness (QED) is 0.317. The van der Waals surface area contributed by atoms with E-state index in [1.165, 1.54) is 13.0 Å². The molecule has 1 heterocycles. The van der Waals surface area contributed by atoms with Gasteiger partial charge in [0.1, 0.15) is 18.3 Å². The van der Waals surface area contributed by atoms with Crippen LogP contribution in [0.1, 0.15) is 47.5 Å². The maximum atomic E-state index is 12.5. The number of hydrogen-bond donors (Lipinski definition) is 1. The molecule has 0 unspecified atom stereocenters. The van der Waals surface area contributed by atoms with Crippen LogP contribution in [0.4, 0.5) is 0 Å². The minimum atomic E-state index is -0.893. The Morgan fingerprint density at radius 3 is 2.48 bits per heavy atom. The number of aliphatic hydroxyl groups excluding tert-OH is 1. The molecule has 1 aliphatic heterocycles. The van der Waals surface area contributed by atoms with Crippen LogP contribution in [0, 0.1) is 11.3 Å². The average molecular weight is 430 g/mol. The molecular weight excluding hydrogens is 400 g/mol. The van der Waals surface area contributed by atoms with E-state index in [9.17, 15) is 19.5 Å². The molecule has 1 saturated heterocycles. The van der Waals surface area contributed by atoms with Crippen molar-refractivity contribution < 1.29 is 33.7 Å². The summed E-state index contributed by atoms with van der Waals surface area (Å²) in [5, 5.41) is 11.1. The molecule has 3 rings (SSSR count). The van der Waals surface area contributed by atoms with E-state index in [-0.39, 0.29) is 17.6 Å². The van der Waals surface area contributed by atoms with Crippen LogP contribution in [-0.2, 0) is 28.6 Å². The molecule has 31 heavy (non-hydrogen) atoms. The van der Waals surface area contributed by atoms with E-state index in [4.69, 9.17) is 14.2 Å². The third kappa shape index (κ3) is 3.99. The summed E-state index contributed by atoms with van der Waals surface area (Å²) in [6.07, 6.45) is -1.09. The third-order valence-corrected chi connectivity index (χ3v) is 6.50. The number of allylic oxidation sites excluding steroid dienone is 1. The second kappa shape index (κ2) is 8.11. The maximum absolute atomic E-state index is 12.5. The van der Waals surface area contributed by atoms with Gasteiger partial charge in [-0.1, -0.05) is 25.7 Å². The zero-order valence-corrected chi connectivity index (χ0v) is 18.7. The molecule has 0 aromatic heterocycles. The Morgan fingerprint density at radius 1 is 1.26 bits per heavy atom. The van der Waals surface area contributed by atoms with Gasteiger partial charge in [0, 0.05) is 29.1 Å². The highest BCUT2D eigenvalue weighted by Gasteiger charge is 2.60. The number of esters is 3. The summed E-state index contributed by atoms with van der Waals surface area (Å²) in [6.45, 7) is 16.3. The molecule has 168 valence electrons. The summed E-state index contributed by atoms with van der Waals surface area (Å²) >= 11 is 0. The van der Waals surface area contributed by atoms with E-state index in [2.05, 4.69) is 13.2 Å². The fourth-order valence-corrected chi connectivity index (χ4v) is 4.92. The number of hydrogen-bond acceptors (Lipinski definition) is 7. The highest BCUT2D eigenvalue weighted by atomic mass is 16.6. The van der Waals surface area contributed by atoms with Crippen molar-refractivity contribution in [2.24, 2.45) is 11.3 Å². The highest BCUT2D eigenvalue weighted by molar-refractivity contribution is 5.92. The van der Waals surface area contributed by atoms with Crippen molar-refractivity contribution in [1.82, 2.24) is 0 Å². The van der Waals surface area contributed by atoms with Crippen LogP contribution in [0.15, 0.2) is 47.1 Å². The lowest BCUT2D eigenvalue weighted by atomic mass is 9.57. The summed E-state index contributed by atoms with van der Waals surface area (Å²) in [5.41, 5.74) is 1.76. The van der Waals surface area contributed by atoms with Gasteiger partial charge in [-0.2, -0.15) is 0 Å². The lowest BCUT2D eigenvalue weighted by Crippen LogP contribution is -2.55. The zero-order valence-electron chi connectivity index (χ0n) is 18.7. The van der Waals surface area contributed by atoms with Gasteiger partial charge in [-0.15, -0.1) is 0 Å². The monoisotopic (exact) mass is 430 g/mol. The van der Waals surface area contributed by atoms with Crippen molar-refractivity contribution in [3.63, 3.8) is 0 Å². The van der Waals surface area contributed by atoms with Crippen molar-refractivity contribution in [2.45, 2.75) is 71.9 Å². The number of carbonyl (C=O) groups excluding carboxylic acids is 3. The van der Waals surface area contributed by atoms with Crippen molar-refractivity contribution >= 4 is 17.9 Å². The van der Waals surface area contributed by atoms with Gasteiger partial charge in [-0.3, -0.25) is 0 Å². The molecule has 6 atom stereocenters. The first-order chi connectivity index (χ1) is 14.4. The number of fused-ring (bicyclic) bond motifs is 2. The lowest BCUT2D eigenvalue weighted by Gasteiger charge is -2.52. The summed E-state index contributed by atoms with van der Waals surface area (Å²) in [5.74, 6) is -2.23. The van der Waals surface area contributed by atoms with Gasteiger partial charge in [-0.25, -0.2) is 14.4 Å². The minimum absolute atomic E-state index is 0.196. The van der Waals surface area contributed by atoms with E-state index in [0.717, 1.165) is 5.57 Å². The van der Waals surface area contributed by atoms with E-state index in [1.807, 2.05) is 13.8 Å². The Morgan fingerprint density at radius 2 is 1.90 bits per heavy atom. The first kappa shape index (κ1) is 23.0. The fraction of sp³-hybridized carbons (Fsp3) is 0.542. The van der Waals surface area contributed by atoms with Crippen LogP contribution >= 0.6 is 0 Å². The van der Waals surface area contributed by atoms with E-state index in [0.29, 0.717) is 17.6 Å². The summed E-state index contributed by atoms with van der Waals surface area (Å²) in [6, 6.07) is 0. The van der Waals surface area contributed by atoms with Crippen LogP contribution in [0.25, 0.3) is 0 Å². The fourth-order valence-electron chi connectivity index (χ4n) is 4.92. The van der Waals surface area contributed by atoms with E-state index >= 15 is 0 Å². The Hall–Kier alpha value is -2.67. The van der Waals surface area contributed by atoms with Crippen LogP contribution in [-0.4, -0.2) is 47.4 Å². The number of aliphatic hydroxyl groups is 1. The van der Waals surface area contributed by atoms with Crippen molar-refractivity contribution in [3.05, 3.63) is 47.1 Å². The molecule has 0 amide bonds. The normalized spacial score (nSPS) is 34.3. The Balaban J connectivity index is 2.10. The van der Waals surface area contributed by atoms with E-state index < -0.39 is 53.7 Å². The lowest BCUT2D eigenvalue weighted by molar-refractivity contribution is -0.157. The van der Waals surface area contributed by atoms with Gasteiger partial charge < -0.3 is 19.3 Å². The summed E-state index contributed by atoms with van der Waals surface area (Å²) < 4.78 is 16.9. The molecule has 0 bridgehead atoms. The summed E-state index contributed by atoms with van der Waals surface area (Å²) in [4.78, 5) is 37.0. The van der Waals surface area contributed by atoms with Gasteiger partial charge in [0.15, 0.2) is 0 Å². The molecule has 3 aliphatic rings. The minimum Gasteiger partial charge on any atom is -0.458 e. The SMILES string of the molecule is C=C(C)C(=O)O[C@H]1C2=C(C)[C@H](OC(=O)C=C(C)C)C[C@@H](O)[C@]2(C)C[C@H]2OC(=O)C(=C)[C@H]21. The van der Waals surface area contributed by atoms with Gasteiger partial charge in [-0.05, 0) is 45.3 Å². The van der Waals surface area contributed by atoms with Crippen molar-refractivity contribution in [3.8, 4) is 0 Å². The predicted octanol–water partition coefficient (Wildman–Crippen LogP) is 2.94.